The highest BCUT2D eigenvalue weighted by atomic mass is 28.4. The maximum atomic E-state index is 5.79. The van der Waals surface area contributed by atoms with Crippen LogP contribution in [0.15, 0.2) is 12.3 Å². The quantitative estimate of drug-likeness (QED) is 0.622. The van der Waals surface area contributed by atoms with Crippen LogP contribution in [0.4, 0.5) is 0 Å². The molecule has 0 unspecified atom stereocenters. The van der Waals surface area contributed by atoms with E-state index in [0.717, 1.165) is 6.61 Å². The maximum Gasteiger partial charge on any atom is 0.184 e. The van der Waals surface area contributed by atoms with Crippen LogP contribution in [0.25, 0.3) is 0 Å². The molecule has 12 heavy (non-hydrogen) atoms. The molecule has 0 heterocycles. The summed E-state index contributed by atoms with van der Waals surface area (Å²) < 4.78 is 5.79. The summed E-state index contributed by atoms with van der Waals surface area (Å²) in [5, 5.41) is 0. The van der Waals surface area contributed by atoms with Crippen LogP contribution in [0.5, 0.6) is 0 Å². The van der Waals surface area contributed by atoms with Gasteiger partial charge in [0.1, 0.15) is 0 Å². The Balaban J connectivity index is 4.12. The first-order valence-corrected chi connectivity index (χ1v) is 11.0. The lowest BCUT2D eigenvalue weighted by Crippen LogP contribution is -2.40. The molecule has 0 aromatic carbocycles. The Morgan fingerprint density at radius 1 is 1.25 bits per heavy atom. The molecule has 0 fully saturated rings. The largest absolute Gasteiger partial charge is 0.418 e. The van der Waals surface area contributed by atoms with Crippen molar-refractivity contribution in [3.8, 4) is 0 Å². The van der Waals surface area contributed by atoms with Gasteiger partial charge in [-0.15, -0.1) is 12.3 Å². The average molecular weight is 202 g/mol. The van der Waals surface area contributed by atoms with E-state index < -0.39 is 16.4 Å². The summed E-state index contributed by atoms with van der Waals surface area (Å²) >= 11 is 0. The second-order valence-corrected chi connectivity index (χ2v) is 14.2. The first-order chi connectivity index (χ1) is 5.33. The van der Waals surface area contributed by atoms with Gasteiger partial charge in [0.25, 0.3) is 0 Å². The molecule has 0 aromatic rings. The molecule has 3 heteroatoms. The van der Waals surface area contributed by atoms with E-state index in [1.807, 2.05) is 0 Å². The summed E-state index contributed by atoms with van der Waals surface area (Å²) in [4.78, 5) is 0. The highest BCUT2D eigenvalue weighted by Crippen LogP contribution is 2.21. The van der Waals surface area contributed by atoms with Crippen molar-refractivity contribution in [2.75, 3.05) is 6.61 Å². The van der Waals surface area contributed by atoms with Crippen molar-refractivity contribution >= 4 is 16.4 Å². The number of rotatable bonds is 5. The molecule has 0 bridgehead atoms. The van der Waals surface area contributed by atoms with Gasteiger partial charge in [-0.25, -0.2) is 0 Å². The van der Waals surface area contributed by atoms with E-state index in [-0.39, 0.29) is 0 Å². The Kier molecular flexibility index (Phi) is 4.44. The fourth-order valence-electron chi connectivity index (χ4n) is 1.61. The molecule has 72 valence electrons. The van der Waals surface area contributed by atoms with Crippen LogP contribution in [0, 0.1) is 0 Å². The number of hydrogen-bond donors (Lipinski definition) is 0. The first-order valence-electron chi connectivity index (χ1n) is 4.60. The summed E-state index contributed by atoms with van der Waals surface area (Å²) in [7, 11) is -2.52. The van der Waals surface area contributed by atoms with Gasteiger partial charge in [-0.1, -0.05) is 13.1 Å². The zero-order chi connectivity index (χ0) is 9.83. The molecule has 0 atom stereocenters. The molecular formula is C9H22OSi2. The minimum absolute atomic E-state index is 0.862. The van der Waals surface area contributed by atoms with Gasteiger partial charge in [-0.2, -0.15) is 0 Å². The lowest BCUT2D eigenvalue weighted by Gasteiger charge is -2.29. The van der Waals surface area contributed by atoms with Crippen molar-refractivity contribution in [1.82, 2.24) is 0 Å². The molecule has 0 aromatic heterocycles. The summed E-state index contributed by atoms with van der Waals surface area (Å²) in [6.07, 6.45) is 0. The average Bonchev–Trinajstić information content (AvgIpc) is 1.85. The van der Waals surface area contributed by atoms with E-state index in [0.29, 0.717) is 0 Å². The first kappa shape index (κ1) is 12.1. The fraction of sp³-hybridized carbons (Fsp3) is 0.778. The van der Waals surface area contributed by atoms with Crippen molar-refractivity contribution in [2.45, 2.75) is 38.8 Å². The Morgan fingerprint density at radius 2 is 1.75 bits per heavy atom. The molecule has 0 amide bonds. The predicted molar refractivity (Wildman–Crippen MR) is 61.6 cm³/mol. The van der Waals surface area contributed by atoms with Gasteiger partial charge in [0, 0.05) is 6.61 Å². The zero-order valence-electron chi connectivity index (χ0n) is 9.11. The van der Waals surface area contributed by atoms with Gasteiger partial charge in [0.05, 0.1) is 8.07 Å². The third kappa shape index (κ3) is 4.90. The summed E-state index contributed by atoms with van der Waals surface area (Å²) in [6, 6.07) is 0. The van der Waals surface area contributed by atoms with Crippen molar-refractivity contribution in [3.05, 3.63) is 12.3 Å². The summed E-state index contributed by atoms with van der Waals surface area (Å²) in [5.41, 5.74) is 3.46. The monoisotopic (exact) mass is 202 g/mol. The van der Waals surface area contributed by atoms with Gasteiger partial charge >= 0.3 is 0 Å². The van der Waals surface area contributed by atoms with Gasteiger partial charge in [-0.3, -0.25) is 0 Å². The Bertz CT molecular complexity index is 153. The Labute approximate surface area is 79.0 Å². The van der Waals surface area contributed by atoms with E-state index in [4.69, 9.17) is 4.43 Å². The molecule has 0 spiro atoms. The molecule has 0 aliphatic carbocycles. The van der Waals surface area contributed by atoms with Gasteiger partial charge in [-0.05, 0) is 25.7 Å². The molecular weight excluding hydrogens is 180 g/mol. The van der Waals surface area contributed by atoms with Crippen LogP contribution >= 0.6 is 0 Å². The minimum atomic E-state index is -1.37. The molecule has 1 nitrogen and oxygen atoms in total. The van der Waals surface area contributed by atoms with Crippen molar-refractivity contribution in [2.24, 2.45) is 0 Å². The van der Waals surface area contributed by atoms with Gasteiger partial charge < -0.3 is 4.43 Å². The lowest BCUT2D eigenvalue weighted by molar-refractivity contribution is 0.332. The smallest absolute Gasteiger partial charge is 0.184 e. The standard InChI is InChI=1S/C9H22OSi2/c1-7-10-12(5,6)9-11(3,4)8-2/h8H,2,7,9H2,1,3-6H3. The number of hydrogen-bond acceptors (Lipinski definition) is 1. The van der Waals surface area contributed by atoms with Crippen LogP contribution < -0.4 is 0 Å². The van der Waals surface area contributed by atoms with Crippen LogP contribution in [0.2, 0.25) is 31.9 Å². The van der Waals surface area contributed by atoms with E-state index in [1.54, 1.807) is 0 Å². The third-order valence-electron chi connectivity index (χ3n) is 1.97. The normalized spacial score (nSPS) is 13.1. The second kappa shape index (κ2) is 4.39. The van der Waals surface area contributed by atoms with E-state index in [2.05, 4.69) is 45.4 Å². The molecule has 0 saturated heterocycles. The second-order valence-electron chi connectivity index (χ2n) is 4.56. The molecule has 0 aliphatic heterocycles. The molecule has 0 N–H and O–H groups in total. The minimum Gasteiger partial charge on any atom is -0.418 e. The van der Waals surface area contributed by atoms with Crippen molar-refractivity contribution < 1.29 is 4.43 Å². The van der Waals surface area contributed by atoms with Gasteiger partial charge in [0.15, 0.2) is 8.32 Å². The lowest BCUT2D eigenvalue weighted by atomic mass is 10.9. The van der Waals surface area contributed by atoms with Crippen LogP contribution in [-0.4, -0.2) is 23.0 Å². The predicted octanol–water partition coefficient (Wildman–Crippen LogP) is 3.20. The van der Waals surface area contributed by atoms with E-state index in [1.165, 1.54) is 5.67 Å². The van der Waals surface area contributed by atoms with Crippen molar-refractivity contribution in [1.29, 1.82) is 0 Å². The van der Waals surface area contributed by atoms with Crippen LogP contribution in [-0.2, 0) is 4.43 Å². The highest BCUT2D eigenvalue weighted by molar-refractivity contribution is 6.95. The fourth-order valence-corrected chi connectivity index (χ4v) is 12.2. The van der Waals surface area contributed by atoms with E-state index in [9.17, 15) is 0 Å². The van der Waals surface area contributed by atoms with Crippen molar-refractivity contribution in [3.63, 3.8) is 0 Å². The summed E-state index contributed by atoms with van der Waals surface area (Å²) in [6.45, 7) is 16.2. The molecule has 0 aliphatic rings. The zero-order valence-corrected chi connectivity index (χ0v) is 11.1. The summed E-state index contributed by atoms with van der Waals surface area (Å²) in [5.74, 6) is 0. The van der Waals surface area contributed by atoms with Gasteiger partial charge in [0.2, 0.25) is 0 Å². The van der Waals surface area contributed by atoms with Crippen LogP contribution in [0.1, 0.15) is 6.92 Å². The van der Waals surface area contributed by atoms with E-state index >= 15 is 0 Å². The Hall–Kier alpha value is 0.134. The van der Waals surface area contributed by atoms with Crippen LogP contribution in [0.3, 0.4) is 0 Å². The molecule has 0 saturated carbocycles. The highest BCUT2D eigenvalue weighted by Gasteiger charge is 2.30. The topological polar surface area (TPSA) is 9.23 Å². The SMILES string of the molecule is C=C[Si](C)(C)C[Si](C)(C)OCC. The third-order valence-corrected chi connectivity index (χ3v) is 11.2. The Morgan fingerprint density at radius 3 is 2.08 bits per heavy atom. The molecule has 0 rings (SSSR count). The molecule has 0 radical (unpaired) electrons. The maximum absolute atomic E-state index is 5.79.